The summed E-state index contributed by atoms with van der Waals surface area (Å²) in [4.78, 5) is 0. The molecule has 18 aromatic carbocycles. The molecular formula is C102H66O2. The van der Waals surface area contributed by atoms with E-state index >= 15 is 0 Å². The molecule has 0 unspecified atom stereocenters. The lowest BCUT2D eigenvalue weighted by Gasteiger charge is -2.23. The number of rotatable bonds is 7. The van der Waals surface area contributed by atoms with Crippen LogP contribution in [0, 0.1) is 0 Å². The second-order valence-electron chi connectivity index (χ2n) is 30.1. The van der Waals surface area contributed by atoms with Crippen LogP contribution < -0.4 is 0 Å². The van der Waals surface area contributed by atoms with E-state index in [1.54, 1.807) is 0 Å². The molecule has 0 N–H and O–H groups in total. The number of benzene rings is 18. The SMILES string of the molecule is CC1(C)c2cc3ccccc3cc2-c2c1ccc1oc3cc(-c4c5ccccc5c(-c5ccc(-c6ccccc6)cc5)c5cc(-c6ccc7c(-c8ccc9c(c8)oc8c%10c(ccc89)C(C)(C)c8c-%10ccc9ccccc89)c8ccccc8c(-c8ccc(-c9ccccc9)cc8)c7c6)ccc45)ccc3c21. The van der Waals surface area contributed by atoms with Crippen molar-refractivity contribution in [1.29, 1.82) is 0 Å². The average molecular weight is 1320 g/mol. The highest BCUT2D eigenvalue weighted by atomic mass is 16.3. The summed E-state index contributed by atoms with van der Waals surface area (Å²) in [6, 6.07) is 123. The van der Waals surface area contributed by atoms with Crippen LogP contribution in [0.15, 0.2) is 336 Å². The van der Waals surface area contributed by atoms with Crippen LogP contribution >= 0.6 is 0 Å². The van der Waals surface area contributed by atoms with Crippen molar-refractivity contribution in [2.75, 3.05) is 0 Å². The summed E-state index contributed by atoms with van der Waals surface area (Å²) in [6.07, 6.45) is 0. The molecule has 0 bridgehead atoms. The standard InChI is InChI=1S/C102H66O2/c1-101(2)86-51-52-89-98(96(86)85-55-66-24-11-12-25-67(66)56-88(85)101)81-47-43-71(58-91(81)103-89)95-77-30-18-16-28-75(77)93(65-37-33-62(34-38-65)60-21-9-6-10-22-60)84-54-69(41-46-79(84)95)68-40-45-78-83(53-68)92(64-35-31-61(32-36-64)59-19-7-5-8-20-59)74-27-15-17-29-76(74)94(78)70-42-44-73-80-49-50-87-97(100(80)104-90(73)57-70)82-48-39-63-23-13-14-26-72(63)99(82)102(87,3)4/h5-58H,1-4H3. The van der Waals surface area contributed by atoms with Gasteiger partial charge in [0.25, 0.3) is 0 Å². The van der Waals surface area contributed by atoms with Gasteiger partial charge in [0, 0.05) is 37.9 Å². The third kappa shape index (κ3) is 8.45. The van der Waals surface area contributed by atoms with E-state index in [4.69, 9.17) is 8.83 Å². The van der Waals surface area contributed by atoms with E-state index in [2.05, 4.69) is 355 Å². The Balaban J connectivity index is 0.754. The van der Waals surface area contributed by atoms with Crippen molar-refractivity contribution in [2.24, 2.45) is 0 Å². The monoisotopic (exact) mass is 1320 g/mol. The maximum Gasteiger partial charge on any atom is 0.143 e. The molecule has 2 aliphatic carbocycles. The number of hydrogen-bond acceptors (Lipinski definition) is 2. The maximum atomic E-state index is 7.30. The lowest BCUT2D eigenvalue weighted by molar-refractivity contribution is 0.656. The zero-order valence-electron chi connectivity index (χ0n) is 58.0. The van der Waals surface area contributed by atoms with E-state index in [0.29, 0.717) is 0 Å². The Kier molecular flexibility index (Phi) is 12.4. The van der Waals surface area contributed by atoms with Crippen LogP contribution in [0.2, 0.25) is 0 Å². The van der Waals surface area contributed by atoms with Gasteiger partial charge in [0.15, 0.2) is 0 Å². The van der Waals surface area contributed by atoms with Crippen molar-refractivity contribution >= 4 is 109 Å². The summed E-state index contributed by atoms with van der Waals surface area (Å²) >= 11 is 0. The van der Waals surface area contributed by atoms with Gasteiger partial charge in [-0.15, -0.1) is 0 Å². The molecule has 0 atom stereocenters. The van der Waals surface area contributed by atoms with Gasteiger partial charge in [-0.05, 0) is 236 Å². The first-order valence-electron chi connectivity index (χ1n) is 36.4. The third-order valence-electron chi connectivity index (χ3n) is 23.8. The Bertz CT molecular complexity index is 6880. The summed E-state index contributed by atoms with van der Waals surface area (Å²) < 4.78 is 14.4. The smallest absolute Gasteiger partial charge is 0.143 e. The minimum absolute atomic E-state index is 0.175. The Morgan fingerprint density at radius 3 is 1.19 bits per heavy atom. The Hall–Kier alpha value is -12.9. The van der Waals surface area contributed by atoms with Crippen molar-refractivity contribution < 1.29 is 8.83 Å². The second-order valence-corrected chi connectivity index (χ2v) is 30.1. The molecule has 22 rings (SSSR count). The highest BCUT2D eigenvalue weighted by Gasteiger charge is 2.40. The number of furan rings is 2. The molecule has 0 aliphatic heterocycles. The molecule has 0 saturated carbocycles. The van der Waals surface area contributed by atoms with Gasteiger partial charge in [-0.25, -0.2) is 0 Å². The molecule has 2 heterocycles. The summed E-state index contributed by atoms with van der Waals surface area (Å²) in [5.74, 6) is 0. The molecule has 0 spiro atoms. The van der Waals surface area contributed by atoms with Crippen LogP contribution in [-0.2, 0) is 10.8 Å². The predicted octanol–water partition coefficient (Wildman–Crippen LogP) is 28.7. The third-order valence-corrected chi connectivity index (χ3v) is 23.8. The van der Waals surface area contributed by atoms with Gasteiger partial charge in [-0.3, -0.25) is 0 Å². The highest BCUT2D eigenvalue weighted by Crippen LogP contribution is 2.58. The molecule has 0 saturated heterocycles. The van der Waals surface area contributed by atoms with Crippen molar-refractivity contribution in [1.82, 2.24) is 0 Å². The van der Waals surface area contributed by atoms with Crippen LogP contribution in [0.1, 0.15) is 49.9 Å². The topological polar surface area (TPSA) is 26.3 Å². The second kappa shape index (κ2) is 21.8. The van der Waals surface area contributed by atoms with Crippen LogP contribution in [0.3, 0.4) is 0 Å². The van der Waals surface area contributed by atoms with Gasteiger partial charge < -0.3 is 8.83 Å². The quantitative estimate of drug-likeness (QED) is 0.149. The Morgan fingerprint density at radius 2 is 0.615 bits per heavy atom. The maximum absolute atomic E-state index is 7.30. The van der Waals surface area contributed by atoms with Gasteiger partial charge in [-0.1, -0.05) is 301 Å². The lowest BCUT2D eigenvalue weighted by atomic mass is 9.80. The summed E-state index contributed by atoms with van der Waals surface area (Å²) in [7, 11) is 0. The number of fused-ring (bicyclic) bond motifs is 21. The molecule has 20 aromatic rings. The van der Waals surface area contributed by atoms with Crippen molar-refractivity contribution in [3.8, 4) is 100 Å². The van der Waals surface area contributed by atoms with Gasteiger partial charge >= 0.3 is 0 Å². The van der Waals surface area contributed by atoms with Gasteiger partial charge in [-0.2, -0.15) is 0 Å². The molecule has 104 heavy (non-hydrogen) atoms. The molecule has 2 nitrogen and oxygen atoms in total. The molecule has 2 heteroatoms. The van der Waals surface area contributed by atoms with E-state index < -0.39 is 0 Å². The molecule has 0 amide bonds. The molecule has 0 radical (unpaired) electrons. The Morgan fingerprint density at radius 1 is 0.202 bits per heavy atom. The zero-order chi connectivity index (χ0) is 68.8. The Labute approximate surface area is 602 Å². The fourth-order valence-electron chi connectivity index (χ4n) is 18.9. The summed E-state index contributed by atoms with van der Waals surface area (Å²) in [6.45, 7) is 9.49. The number of hydrogen-bond donors (Lipinski definition) is 0. The van der Waals surface area contributed by atoms with Crippen LogP contribution in [0.4, 0.5) is 0 Å². The summed E-state index contributed by atoms with van der Waals surface area (Å²) in [5, 5.41) is 19.1. The minimum Gasteiger partial charge on any atom is -0.456 e. The molecule has 486 valence electrons. The minimum atomic E-state index is -0.205. The van der Waals surface area contributed by atoms with Gasteiger partial charge in [0.2, 0.25) is 0 Å². The highest BCUT2D eigenvalue weighted by molar-refractivity contribution is 6.26. The first kappa shape index (κ1) is 58.9. The van der Waals surface area contributed by atoms with E-state index in [-0.39, 0.29) is 10.8 Å². The molecule has 2 aliphatic rings. The van der Waals surface area contributed by atoms with Gasteiger partial charge in [0.1, 0.15) is 22.3 Å². The summed E-state index contributed by atoms with van der Waals surface area (Å²) in [5.41, 5.74) is 30.0. The van der Waals surface area contributed by atoms with Crippen LogP contribution in [0.5, 0.6) is 0 Å². The average Bonchev–Trinajstić information content (AvgIpc) is 1.48. The zero-order valence-corrected chi connectivity index (χ0v) is 58.0. The van der Waals surface area contributed by atoms with Crippen molar-refractivity contribution in [3.05, 3.63) is 350 Å². The van der Waals surface area contributed by atoms with E-state index in [1.807, 2.05) is 0 Å². The molecular weight excluding hydrogens is 1260 g/mol. The predicted molar refractivity (Wildman–Crippen MR) is 439 cm³/mol. The first-order valence-corrected chi connectivity index (χ1v) is 36.4. The van der Waals surface area contributed by atoms with E-state index in [9.17, 15) is 0 Å². The molecule has 2 aromatic heterocycles. The fourth-order valence-corrected chi connectivity index (χ4v) is 18.9. The lowest BCUT2D eigenvalue weighted by Crippen LogP contribution is -2.15. The van der Waals surface area contributed by atoms with Crippen molar-refractivity contribution in [2.45, 2.75) is 38.5 Å². The molecule has 0 fully saturated rings. The van der Waals surface area contributed by atoms with E-state index in [0.717, 1.165) is 71.9 Å². The normalized spacial score (nSPS) is 13.5. The first-order chi connectivity index (χ1) is 51.1. The van der Waals surface area contributed by atoms with Crippen LogP contribution in [-0.4, -0.2) is 0 Å². The fraction of sp³-hybridized carbons (Fsp3) is 0.0588. The van der Waals surface area contributed by atoms with Crippen molar-refractivity contribution in [3.63, 3.8) is 0 Å². The van der Waals surface area contributed by atoms with E-state index in [1.165, 1.54) is 159 Å². The van der Waals surface area contributed by atoms with Gasteiger partial charge in [0.05, 0.1) is 0 Å². The van der Waals surface area contributed by atoms with Crippen LogP contribution in [0.25, 0.3) is 209 Å². The largest absolute Gasteiger partial charge is 0.456 e.